The van der Waals surface area contributed by atoms with E-state index in [1.54, 1.807) is 29.9 Å². The number of fused-ring (bicyclic) bond motifs is 2. The summed E-state index contributed by atoms with van der Waals surface area (Å²) in [5.41, 5.74) is 2.41. The molecule has 3 aromatic rings. The monoisotopic (exact) mass is 392 g/mol. The van der Waals surface area contributed by atoms with Crippen LogP contribution in [0.1, 0.15) is 33.6 Å². The van der Waals surface area contributed by atoms with Gasteiger partial charge in [-0.1, -0.05) is 6.07 Å². The summed E-state index contributed by atoms with van der Waals surface area (Å²) in [6.07, 6.45) is 7.55. The number of ether oxygens (including phenoxy) is 1. The smallest absolute Gasteiger partial charge is 0.256 e. The molecular weight excluding hydrogens is 372 g/mol. The fourth-order valence-electron chi connectivity index (χ4n) is 4.05. The van der Waals surface area contributed by atoms with Crippen molar-refractivity contribution in [3.05, 3.63) is 64.2 Å². The predicted molar refractivity (Wildman–Crippen MR) is 106 cm³/mol. The summed E-state index contributed by atoms with van der Waals surface area (Å²) in [5.74, 6) is 0.500. The van der Waals surface area contributed by atoms with E-state index in [1.165, 1.54) is 10.4 Å². The lowest BCUT2D eigenvalue weighted by molar-refractivity contribution is -0.0906. The first-order valence-electron chi connectivity index (χ1n) is 9.49. The van der Waals surface area contributed by atoms with Gasteiger partial charge in [-0.25, -0.2) is 9.97 Å². The molecule has 0 radical (unpaired) electrons. The number of aromatic nitrogens is 3. The number of rotatable bonds is 2. The van der Waals surface area contributed by atoms with Gasteiger partial charge >= 0.3 is 0 Å². The molecule has 1 spiro atoms. The highest BCUT2D eigenvalue weighted by atomic mass is 32.1. The Kier molecular flexibility index (Phi) is 4.41. The highest BCUT2D eigenvalue weighted by molar-refractivity contribution is 7.10. The van der Waals surface area contributed by atoms with Crippen molar-refractivity contribution in [2.45, 2.75) is 24.9 Å². The first-order valence-corrected chi connectivity index (χ1v) is 10.4. The number of amides is 1. The van der Waals surface area contributed by atoms with Crippen molar-refractivity contribution in [1.82, 2.24) is 19.9 Å². The maximum atomic E-state index is 12.9. The molecular formula is C21H20N4O2S. The summed E-state index contributed by atoms with van der Waals surface area (Å²) in [5, 5.41) is 2.15. The minimum Gasteiger partial charge on any atom is -0.369 e. The number of thiophene rings is 1. The van der Waals surface area contributed by atoms with Gasteiger partial charge in [-0.3, -0.25) is 9.78 Å². The van der Waals surface area contributed by atoms with Crippen molar-refractivity contribution in [2.75, 3.05) is 19.7 Å². The van der Waals surface area contributed by atoms with Gasteiger partial charge in [-0.2, -0.15) is 0 Å². The molecule has 28 heavy (non-hydrogen) atoms. The Hall–Kier alpha value is -2.64. The molecule has 142 valence electrons. The minimum absolute atomic E-state index is 0.0235. The standard InChI is InChI=1S/C21H20N4O2S/c26-20(16-13-23-19(24-14-16)17-3-1-2-8-22-17)25-9-6-21(7-10-25)18-15(4-11-27-21)5-12-28-18/h1-3,5,8,12-14H,4,6-7,9-11H2. The maximum Gasteiger partial charge on any atom is 0.256 e. The van der Waals surface area contributed by atoms with E-state index in [9.17, 15) is 4.79 Å². The van der Waals surface area contributed by atoms with Gasteiger partial charge in [-0.15, -0.1) is 11.3 Å². The quantitative estimate of drug-likeness (QED) is 0.669. The second-order valence-electron chi connectivity index (χ2n) is 7.17. The molecule has 2 aliphatic heterocycles. The van der Waals surface area contributed by atoms with Crippen molar-refractivity contribution in [3.63, 3.8) is 0 Å². The molecule has 0 aromatic carbocycles. The third-order valence-electron chi connectivity index (χ3n) is 5.56. The summed E-state index contributed by atoms with van der Waals surface area (Å²) in [4.78, 5) is 29.0. The zero-order valence-corrected chi connectivity index (χ0v) is 16.2. The molecule has 0 N–H and O–H groups in total. The van der Waals surface area contributed by atoms with E-state index in [0.717, 1.165) is 25.9 Å². The number of piperidine rings is 1. The van der Waals surface area contributed by atoms with Gasteiger partial charge in [0.2, 0.25) is 0 Å². The van der Waals surface area contributed by atoms with E-state index >= 15 is 0 Å². The lowest BCUT2D eigenvalue weighted by atomic mass is 9.85. The summed E-state index contributed by atoms with van der Waals surface area (Å²) >= 11 is 1.78. The Balaban J connectivity index is 1.29. The van der Waals surface area contributed by atoms with Gasteiger partial charge in [0.1, 0.15) is 11.3 Å². The minimum atomic E-state index is -0.210. The van der Waals surface area contributed by atoms with Crippen LogP contribution in [0.25, 0.3) is 11.5 Å². The fraction of sp³-hybridized carbons (Fsp3) is 0.333. The first kappa shape index (κ1) is 17.5. The van der Waals surface area contributed by atoms with Crippen molar-refractivity contribution in [2.24, 2.45) is 0 Å². The second-order valence-corrected chi connectivity index (χ2v) is 8.09. The number of hydrogen-bond donors (Lipinski definition) is 0. The van der Waals surface area contributed by atoms with E-state index in [-0.39, 0.29) is 11.5 Å². The van der Waals surface area contributed by atoms with Gasteiger partial charge in [0.25, 0.3) is 5.91 Å². The van der Waals surface area contributed by atoms with Crippen molar-refractivity contribution in [1.29, 1.82) is 0 Å². The van der Waals surface area contributed by atoms with Gasteiger partial charge in [-0.05, 0) is 48.4 Å². The first-order chi connectivity index (χ1) is 13.8. The molecule has 6 nitrogen and oxygen atoms in total. The predicted octanol–water partition coefficient (Wildman–Crippen LogP) is 3.30. The van der Waals surface area contributed by atoms with Gasteiger partial charge < -0.3 is 9.64 Å². The zero-order chi connectivity index (χ0) is 19.0. The average Bonchev–Trinajstić information content (AvgIpc) is 3.25. The van der Waals surface area contributed by atoms with Crippen LogP contribution in [-0.4, -0.2) is 45.5 Å². The van der Waals surface area contributed by atoms with E-state index in [0.29, 0.717) is 30.2 Å². The molecule has 1 amide bonds. The van der Waals surface area contributed by atoms with Crippen molar-refractivity contribution >= 4 is 17.2 Å². The molecule has 2 aliphatic rings. The van der Waals surface area contributed by atoms with E-state index in [4.69, 9.17) is 4.74 Å². The van der Waals surface area contributed by atoms with Gasteiger partial charge in [0.05, 0.1) is 12.2 Å². The Bertz CT molecular complexity index is 979. The molecule has 0 bridgehead atoms. The fourth-order valence-corrected chi connectivity index (χ4v) is 5.21. The molecule has 3 aromatic heterocycles. The van der Waals surface area contributed by atoms with Gasteiger partial charge in [0, 0.05) is 36.6 Å². The number of pyridine rings is 1. The number of carbonyl (C=O) groups excluding carboxylic acids is 1. The van der Waals surface area contributed by atoms with Crippen LogP contribution in [-0.2, 0) is 16.8 Å². The summed E-state index contributed by atoms with van der Waals surface area (Å²) in [7, 11) is 0. The molecule has 0 aliphatic carbocycles. The molecule has 5 rings (SSSR count). The number of likely N-dealkylation sites (tertiary alicyclic amines) is 1. The third-order valence-corrected chi connectivity index (χ3v) is 6.70. The van der Waals surface area contributed by atoms with Crippen LogP contribution in [0.5, 0.6) is 0 Å². The number of nitrogens with zero attached hydrogens (tertiary/aromatic N) is 4. The Labute approximate surface area is 167 Å². The van der Waals surface area contributed by atoms with Crippen molar-refractivity contribution < 1.29 is 9.53 Å². The topological polar surface area (TPSA) is 68.2 Å². The lowest BCUT2D eigenvalue weighted by Gasteiger charge is -2.43. The van der Waals surface area contributed by atoms with Crippen LogP contribution in [0.3, 0.4) is 0 Å². The van der Waals surface area contributed by atoms with Gasteiger partial charge in [0.15, 0.2) is 5.82 Å². The lowest BCUT2D eigenvalue weighted by Crippen LogP contribution is -2.47. The Morgan fingerprint density at radius 2 is 1.93 bits per heavy atom. The summed E-state index contributed by atoms with van der Waals surface area (Å²) in [6, 6.07) is 7.80. The Morgan fingerprint density at radius 3 is 2.68 bits per heavy atom. The second kappa shape index (κ2) is 7.07. The molecule has 1 fully saturated rings. The normalized spacial score (nSPS) is 18.1. The number of hydrogen-bond acceptors (Lipinski definition) is 6. The summed E-state index contributed by atoms with van der Waals surface area (Å²) in [6.45, 7) is 2.12. The third kappa shape index (κ3) is 3.00. The Morgan fingerprint density at radius 1 is 1.11 bits per heavy atom. The van der Waals surface area contributed by atoms with Crippen LogP contribution in [0, 0.1) is 0 Å². The van der Waals surface area contributed by atoms with E-state index < -0.39 is 0 Å². The van der Waals surface area contributed by atoms with Crippen LogP contribution in [0.2, 0.25) is 0 Å². The van der Waals surface area contributed by atoms with Crippen LogP contribution < -0.4 is 0 Å². The van der Waals surface area contributed by atoms with Crippen LogP contribution in [0.4, 0.5) is 0 Å². The van der Waals surface area contributed by atoms with E-state index in [1.807, 2.05) is 23.1 Å². The molecule has 7 heteroatoms. The molecule has 0 saturated carbocycles. The SMILES string of the molecule is O=C(c1cnc(-c2ccccn2)nc1)N1CCC2(CC1)OCCc1ccsc12. The van der Waals surface area contributed by atoms with Crippen molar-refractivity contribution in [3.8, 4) is 11.5 Å². The highest BCUT2D eigenvalue weighted by Crippen LogP contribution is 2.44. The maximum absolute atomic E-state index is 12.9. The molecule has 5 heterocycles. The van der Waals surface area contributed by atoms with Crippen LogP contribution in [0.15, 0.2) is 48.2 Å². The largest absolute Gasteiger partial charge is 0.369 e. The van der Waals surface area contributed by atoms with Crippen LogP contribution >= 0.6 is 11.3 Å². The highest BCUT2D eigenvalue weighted by Gasteiger charge is 2.42. The summed E-state index contributed by atoms with van der Waals surface area (Å²) < 4.78 is 6.23. The molecule has 0 atom stereocenters. The number of carbonyl (C=O) groups is 1. The van der Waals surface area contributed by atoms with E-state index in [2.05, 4.69) is 26.4 Å². The zero-order valence-electron chi connectivity index (χ0n) is 15.4. The molecule has 0 unspecified atom stereocenters. The average molecular weight is 392 g/mol. The molecule has 1 saturated heterocycles.